The Morgan fingerprint density at radius 1 is 1.37 bits per heavy atom. The van der Waals surface area contributed by atoms with Crippen molar-refractivity contribution in [3.63, 3.8) is 0 Å². The molecule has 3 nitrogen and oxygen atoms in total. The van der Waals surface area contributed by atoms with Crippen LogP contribution < -0.4 is 5.32 Å². The normalized spacial score (nSPS) is 23.1. The largest absolute Gasteiger partial charge is 0.508 e. The molecule has 2 atom stereocenters. The molecule has 1 aromatic carbocycles. The molecular formula is C16H23NO2. The number of phenols is 1. The molecule has 1 saturated carbocycles. The number of amides is 1. The maximum atomic E-state index is 12.1. The standard InChI is InChI=1S/C16H23NO2/c1-11-5-3-4-6-14(11)10-17-16(19)13-7-8-15(18)12(2)9-13/h7-9,11,14,18H,3-6,10H2,1-2H3,(H,17,19). The van der Waals surface area contributed by atoms with Crippen molar-refractivity contribution < 1.29 is 9.90 Å². The highest BCUT2D eigenvalue weighted by Crippen LogP contribution is 2.28. The summed E-state index contributed by atoms with van der Waals surface area (Å²) in [6.07, 6.45) is 5.10. The first-order valence-corrected chi connectivity index (χ1v) is 7.15. The van der Waals surface area contributed by atoms with E-state index >= 15 is 0 Å². The molecule has 0 saturated heterocycles. The molecule has 1 aliphatic carbocycles. The second-order valence-electron chi connectivity index (χ2n) is 5.73. The van der Waals surface area contributed by atoms with Crippen LogP contribution in [-0.2, 0) is 0 Å². The minimum atomic E-state index is -0.0409. The van der Waals surface area contributed by atoms with Crippen LogP contribution in [-0.4, -0.2) is 17.6 Å². The molecule has 0 radical (unpaired) electrons. The van der Waals surface area contributed by atoms with Gasteiger partial charge in [0.15, 0.2) is 0 Å². The quantitative estimate of drug-likeness (QED) is 0.877. The third-order valence-electron chi connectivity index (χ3n) is 4.27. The van der Waals surface area contributed by atoms with Crippen LogP contribution >= 0.6 is 0 Å². The van der Waals surface area contributed by atoms with E-state index in [2.05, 4.69) is 12.2 Å². The lowest BCUT2D eigenvalue weighted by molar-refractivity contribution is 0.0936. The van der Waals surface area contributed by atoms with Crippen molar-refractivity contribution in [1.29, 1.82) is 0 Å². The molecule has 2 rings (SSSR count). The molecule has 0 aromatic heterocycles. The van der Waals surface area contributed by atoms with Gasteiger partial charge < -0.3 is 10.4 Å². The van der Waals surface area contributed by atoms with E-state index in [0.29, 0.717) is 17.4 Å². The Labute approximate surface area is 115 Å². The van der Waals surface area contributed by atoms with E-state index in [9.17, 15) is 9.90 Å². The van der Waals surface area contributed by atoms with Crippen LogP contribution in [0.1, 0.15) is 48.5 Å². The van der Waals surface area contributed by atoms with Crippen molar-refractivity contribution in [2.45, 2.75) is 39.5 Å². The minimum absolute atomic E-state index is 0.0409. The average molecular weight is 261 g/mol. The number of benzene rings is 1. The average Bonchev–Trinajstić information content (AvgIpc) is 2.40. The summed E-state index contributed by atoms with van der Waals surface area (Å²) in [5.74, 6) is 1.50. The number of nitrogens with one attached hydrogen (secondary N) is 1. The van der Waals surface area contributed by atoms with Gasteiger partial charge in [0.2, 0.25) is 0 Å². The first-order valence-electron chi connectivity index (χ1n) is 7.15. The fraction of sp³-hybridized carbons (Fsp3) is 0.562. The minimum Gasteiger partial charge on any atom is -0.508 e. The smallest absolute Gasteiger partial charge is 0.251 e. The molecule has 1 fully saturated rings. The maximum Gasteiger partial charge on any atom is 0.251 e. The molecule has 1 aromatic rings. The molecule has 1 amide bonds. The highest BCUT2D eigenvalue weighted by atomic mass is 16.3. The highest BCUT2D eigenvalue weighted by molar-refractivity contribution is 5.94. The number of hydrogen-bond donors (Lipinski definition) is 2. The Bertz CT molecular complexity index is 456. The van der Waals surface area contributed by atoms with Gasteiger partial charge in [-0.2, -0.15) is 0 Å². The predicted molar refractivity (Wildman–Crippen MR) is 76.3 cm³/mol. The van der Waals surface area contributed by atoms with E-state index in [0.717, 1.165) is 12.1 Å². The predicted octanol–water partition coefficient (Wildman–Crippen LogP) is 3.26. The molecule has 0 bridgehead atoms. The van der Waals surface area contributed by atoms with Crippen LogP contribution in [0.3, 0.4) is 0 Å². The van der Waals surface area contributed by atoms with Gasteiger partial charge in [-0.15, -0.1) is 0 Å². The van der Waals surface area contributed by atoms with Crippen LogP contribution in [0.5, 0.6) is 5.75 Å². The van der Waals surface area contributed by atoms with E-state index in [-0.39, 0.29) is 11.7 Å². The zero-order valence-electron chi connectivity index (χ0n) is 11.8. The first kappa shape index (κ1) is 13.9. The Balaban J connectivity index is 1.91. The maximum absolute atomic E-state index is 12.1. The first-order chi connectivity index (χ1) is 9.08. The number of aromatic hydroxyl groups is 1. The molecule has 0 aliphatic heterocycles. The van der Waals surface area contributed by atoms with Crippen LogP contribution in [0.15, 0.2) is 18.2 Å². The van der Waals surface area contributed by atoms with E-state index in [1.165, 1.54) is 25.7 Å². The number of aryl methyl sites for hydroxylation is 1. The van der Waals surface area contributed by atoms with Crippen LogP contribution in [0.4, 0.5) is 0 Å². The second kappa shape index (κ2) is 6.09. The number of carbonyl (C=O) groups excluding carboxylic acids is 1. The molecule has 2 N–H and O–H groups in total. The van der Waals surface area contributed by atoms with Gasteiger partial charge >= 0.3 is 0 Å². The summed E-state index contributed by atoms with van der Waals surface area (Å²) in [6, 6.07) is 4.98. The molecular weight excluding hydrogens is 238 g/mol. The fourth-order valence-electron chi connectivity index (χ4n) is 2.82. The second-order valence-corrected chi connectivity index (χ2v) is 5.73. The molecule has 104 valence electrons. The Kier molecular flexibility index (Phi) is 4.46. The van der Waals surface area contributed by atoms with Gasteiger partial charge in [0.1, 0.15) is 5.75 Å². The highest BCUT2D eigenvalue weighted by Gasteiger charge is 2.21. The van der Waals surface area contributed by atoms with Gasteiger partial charge in [-0.1, -0.05) is 26.2 Å². The van der Waals surface area contributed by atoms with Gasteiger partial charge in [0.25, 0.3) is 5.91 Å². The van der Waals surface area contributed by atoms with Gasteiger partial charge in [0.05, 0.1) is 0 Å². The van der Waals surface area contributed by atoms with E-state index in [4.69, 9.17) is 0 Å². The lowest BCUT2D eigenvalue weighted by Crippen LogP contribution is -2.33. The monoisotopic (exact) mass is 261 g/mol. The Morgan fingerprint density at radius 2 is 2.11 bits per heavy atom. The van der Waals surface area contributed by atoms with Gasteiger partial charge in [0, 0.05) is 12.1 Å². The van der Waals surface area contributed by atoms with Crippen molar-refractivity contribution in [1.82, 2.24) is 5.32 Å². The molecule has 0 spiro atoms. The van der Waals surface area contributed by atoms with Gasteiger partial charge in [-0.05, 0) is 48.9 Å². The molecule has 3 heteroatoms. The molecule has 0 heterocycles. The zero-order chi connectivity index (χ0) is 13.8. The van der Waals surface area contributed by atoms with Gasteiger partial charge in [-0.3, -0.25) is 4.79 Å². The third-order valence-corrected chi connectivity index (χ3v) is 4.27. The topological polar surface area (TPSA) is 49.3 Å². The SMILES string of the molecule is Cc1cc(C(=O)NCC2CCCCC2C)ccc1O. The van der Waals surface area contributed by atoms with Crippen molar-refractivity contribution >= 4 is 5.91 Å². The van der Waals surface area contributed by atoms with Crippen LogP contribution in [0.25, 0.3) is 0 Å². The number of hydrogen-bond acceptors (Lipinski definition) is 2. The lowest BCUT2D eigenvalue weighted by Gasteiger charge is -2.28. The van der Waals surface area contributed by atoms with Crippen LogP contribution in [0.2, 0.25) is 0 Å². The summed E-state index contributed by atoms with van der Waals surface area (Å²) < 4.78 is 0. The fourth-order valence-corrected chi connectivity index (χ4v) is 2.82. The summed E-state index contributed by atoms with van der Waals surface area (Å²) >= 11 is 0. The number of rotatable bonds is 3. The van der Waals surface area contributed by atoms with E-state index in [1.807, 2.05) is 0 Å². The number of phenolic OH excluding ortho intramolecular Hbond substituents is 1. The van der Waals surface area contributed by atoms with Crippen molar-refractivity contribution in [3.8, 4) is 5.75 Å². The summed E-state index contributed by atoms with van der Waals surface area (Å²) in [7, 11) is 0. The van der Waals surface area contributed by atoms with Crippen molar-refractivity contribution in [3.05, 3.63) is 29.3 Å². The Morgan fingerprint density at radius 3 is 2.79 bits per heavy atom. The Hall–Kier alpha value is -1.51. The summed E-state index contributed by atoms with van der Waals surface area (Å²) in [4.78, 5) is 12.1. The molecule has 2 unspecified atom stereocenters. The third kappa shape index (κ3) is 3.49. The zero-order valence-corrected chi connectivity index (χ0v) is 11.8. The summed E-state index contributed by atoms with van der Waals surface area (Å²) in [5, 5.41) is 12.5. The van der Waals surface area contributed by atoms with Gasteiger partial charge in [-0.25, -0.2) is 0 Å². The summed E-state index contributed by atoms with van der Waals surface area (Å²) in [5.41, 5.74) is 1.36. The lowest BCUT2D eigenvalue weighted by atomic mass is 9.80. The molecule has 19 heavy (non-hydrogen) atoms. The van der Waals surface area contributed by atoms with E-state index in [1.54, 1.807) is 25.1 Å². The van der Waals surface area contributed by atoms with Crippen LogP contribution in [0, 0.1) is 18.8 Å². The van der Waals surface area contributed by atoms with E-state index < -0.39 is 0 Å². The summed E-state index contributed by atoms with van der Waals surface area (Å²) in [6.45, 7) is 4.84. The number of carbonyl (C=O) groups is 1. The van der Waals surface area contributed by atoms with Crippen molar-refractivity contribution in [2.24, 2.45) is 11.8 Å². The van der Waals surface area contributed by atoms with Crippen molar-refractivity contribution in [2.75, 3.05) is 6.54 Å². The molecule has 1 aliphatic rings.